The van der Waals surface area contributed by atoms with Gasteiger partial charge in [-0.2, -0.15) is 5.10 Å². The van der Waals surface area contributed by atoms with E-state index in [1.807, 2.05) is 55.5 Å². The number of anilines is 1. The van der Waals surface area contributed by atoms with Crippen LogP contribution in [0.3, 0.4) is 0 Å². The van der Waals surface area contributed by atoms with Gasteiger partial charge in [-0.1, -0.05) is 65.7 Å². The van der Waals surface area contributed by atoms with Crippen molar-refractivity contribution in [3.8, 4) is 17.2 Å². The molecule has 0 unspecified atom stereocenters. The van der Waals surface area contributed by atoms with E-state index in [0.29, 0.717) is 34.9 Å². The Morgan fingerprint density at radius 3 is 2.34 bits per heavy atom. The summed E-state index contributed by atoms with van der Waals surface area (Å²) < 4.78 is 16.8. The highest BCUT2D eigenvalue weighted by Gasteiger charge is 2.13. The molecule has 2 N–H and O–H groups in total. The lowest BCUT2D eigenvalue weighted by Gasteiger charge is -2.12. The van der Waals surface area contributed by atoms with Gasteiger partial charge < -0.3 is 19.5 Å². The lowest BCUT2D eigenvalue weighted by atomic mass is 10.2. The summed E-state index contributed by atoms with van der Waals surface area (Å²) in [6, 6.07) is 25.1. The summed E-state index contributed by atoms with van der Waals surface area (Å²) in [5.74, 6) is 0.278. The monoisotopic (exact) mass is 591 g/mol. The fourth-order valence-corrected chi connectivity index (χ4v) is 4.36. The van der Waals surface area contributed by atoms with Crippen molar-refractivity contribution in [1.29, 1.82) is 0 Å². The molecule has 4 aromatic rings. The van der Waals surface area contributed by atoms with Crippen molar-refractivity contribution in [1.82, 2.24) is 5.43 Å². The fraction of sp³-hybridized carbons (Fsp3) is 0.129. The highest BCUT2D eigenvalue weighted by atomic mass is 35.5. The van der Waals surface area contributed by atoms with E-state index < -0.39 is 5.91 Å². The van der Waals surface area contributed by atoms with Gasteiger partial charge in [0.05, 0.1) is 23.4 Å². The van der Waals surface area contributed by atoms with Crippen molar-refractivity contribution in [3.63, 3.8) is 0 Å². The number of carbonyl (C=O) groups is 2. The normalized spacial score (nSPS) is 10.7. The predicted molar refractivity (Wildman–Crippen MR) is 161 cm³/mol. The van der Waals surface area contributed by atoms with Gasteiger partial charge in [-0.15, -0.1) is 0 Å². The molecule has 2 amide bonds. The molecule has 41 heavy (non-hydrogen) atoms. The molecule has 0 aliphatic heterocycles. The quantitative estimate of drug-likeness (QED) is 0.150. The molecular weight excluding hydrogens is 565 g/mol. The first kappa shape index (κ1) is 29.5. The van der Waals surface area contributed by atoms with Gasteiger partial charge >= 0.3 is 0 Å². The van der Waals surface area contributed by atoms with Gasteiger partial charge in [0.25, 0.3) is 11.8 Å². The Kier molecular flexibility index (Phi) is 10.2. The number of benzene rings is 4. The molecule has 0 aromatic heterocycles. The number of carbonyl (C=O) groups excluding carboxylic acids is 2. The minimum atomic E-state index is -0.453. The molecule has 0 spiro atoms. The van der Waals surface area contributed by atoms with Gasteiger partial charge in [0.15, 0.2) is 23.9 Å². The van der Waals surface area contributed by atoms with Crippen LogP contribution in [0.2, 0.25) is 10.0 Å². The van der Waals surface area contributed by atoms with Crippen LogP contribution in [-0.4, -0.2) is 31.7 Å². The molecule has 0 radical (unpaired) electrons. The Morgan fingerprint density at radius 1 is 0.878 bits per heavy atom. The van der Waals surface area contributed by atoms with E-state index in [1.165, 1.54) is 13.3 Å². The van der Waals surface area contributed by atoms with E-state index >= 15 is 0 Å². The second-order valence-electron chi connectivity index (χ2n) is 8.86. The number of hydrogen-bond acceptors (Lipinski definition) is 6. The van der Waals surface area contributed by atoms with Gasteiger partial charge in [0, 0.05) is 11.3 Å². The number of halogens is 2. The van der Waals surface area contributed by atoms with Crippen LogP contribution in [0.1, 0.15) is 27.0 Å². The van der Waals surface area contributed by atoms with Crippen LogP contribution in [0.15, 0.2) is 90.0 Å². The number of rotatable bonds is 11. The predicted octanol–water partition coefficient (Wildman–Crippen LogP) is 6.67. The van der Waals surface area contributed by atoms with Crippen LogP contribution >= 0.6 is 23.2 Å². The highest BCUT2D eigenvalue weighted by molar-refractivity contribution is 6.37. The fourth-order valence-electron chi connectivity index (χ4n) is 3.74. The Hall–Kier alpha value is -4.53. The highest BCUT2D eigenvalue weighted by Crippen LogP contribution is 2.34. The van der Waals surface area contributed by atoms with Gasteiger partial charge in [-0.3, -0.25) is 9.59 Å². The van der Waals surface area contributed by atoms with Crippen LogP contribution in [-0.2, 0) is 11.4 Å². The zero-order valence-corrected chi connectivity index (χ0v) is 23.8. The number of aryl methyl sites for hydroxylation is 1. The molecule has 0 aliphatic rings. The van der Waals surface area contributed by atoms with Crippen molar-refractivity contribution in [2.75, 3.05) is 19.0 Å². The molecule has 4 rings (SSSR count). The van der Waals surface area contributed by atoms with Crippen LogP contribution in [0.4, 0.5) is 5.69 Å². The molecule has 0 saturated carbocycles. The first-order valence-corrected chi connectivity index (χ1v) is 13.2. The van der Waals surface area contributed by atoms with Crippen molar-refractivity contribution in [2.45, 2.75) is 13.5 Å². The van der Waals surface area contributed by atoms with Crippen molar-refractivity contribution >= 4 is 46.9 Å². The average molecular weight is 592 g/mol. The van der Waals surface area contributed by atoms with E-state index in [-0.39, 0.29) is 28.3 Å². The molecular formula is C31H27Cl2N3O5. The molecule has 0 saturated heterocycles. The maximum atomic E-state index is 12.6. The number of amides is 2. The van der Waals surface area contributed by atoms with Crippen LogP contribution in [0, 0.1) is 6.92 Å². The zero-order chi connectivity index (χ0) is 29.2. The lowest BCUT2D eigenvalue weighted by Crippen LogP contribution is -2.20. The molecule has 8 nitrogen and oxygen atoms in total. The summed E-state index contributed by atoms with van der Waals surface area (Å²) in [4.78, 5) is 24.9. The third kappa shape index (κ3) is 8.48. The maximum absolute atomic E-state index is 12.6. The standard InChI is InChI=1S/C31H27Cl2N3O5/c1-20-7-6-10-24(13-20)35-29(37)19-41-30-25(32)14-22(15-26(30)33)17-34-36-31(38)23-11-12-27(28(16-23)39-2)40-18-21-8-4-3-5-9-21/h3-17H,18-19H2,1-2H3,(H,35,37)(H,36,38)/b34-17+. The topological polar surface area (TPSA) is 98.3 Å². The summed E-state index contributed by atoms with van der Waals surface area (Å²) >= 11 is 12.7. The van der Waals surface area contributed by atoms with E-state index in [0.717, 1.165) is 11.1 Å². The Bertz CT molecular complexity index is 1540. The van der Waals surface area contributed by atoms with Gasteiger partial charge in [-0.25, -0.2) is 5.43 Å². The maximum Gasteiger partial charge on any atom is 0.271 e. The smallest absolute Gasteiger partial charge is 0.271 e. The second kappa shape index (κ2) is 14.2. The third-order valence-electron chi connectivity index (χ3n) is 5.71. The Balaban J connectivity index is 1.32. The molecule has 4 aromatic carbocycles. The zero-order valence-electron chi connectivity index (χ0n) is 22.3. The number of hydrazone groups is 1. The van der Waals surface area contributed by atoms with E-state index in [9.17, 15) is 9.59 Å². The SMILES string of the molecule is COc1cc(C(=O)N/N=C/c2cc(Cl)c(OCC(=O)Nc3cccc(C)c3)c(Cl)c2)ccc1OCc1ccccc1. The number of hydrogen-bond donors (Lipinski definition) is 2. The first-order chi connectivity index (χ1) is 19.8. The van der Waals surface area contributed by atoms with E-state index in [2.05, 4.69) is 15.8 Å². The summed E-state index contributed by atoms with van der Waals surface area (Å²) in [6.07, 6.45) is 1.39. The first-order valence-electron chi connectivity index (χ1n) is 12.5. The molecule has 210 valence electrons. The number of nitrogens with one attached hydrogen (secondary N) is 2. The third-order valence-corrected chi connectivity index (χ3v) is 6.27. The number of nitrogens with zero attached hydrogens (tertiary/aromatic N) is 1. The summed E-state index contributed by atoms with van der Waals surface area (Å²) in [5, 5.41) is 7.11. The van der Waals surface area contributed by atoms with Crippen LogP contribution < -0.4 is 25.0 Å². The minimum absolute atomic E-state index is 0.163. The molecule has 0 bridgehead atoms. The molecule has 0 atom stereocenters. The van der Waals surface area contributed by atoms with Gasteiger partial charge in [-0.05, 0) is 66.1 Å². The molecule has 0 fully saturated rings. The van der Waals surface area contributed by atoms with Crippen molar-refractivity contribution in [2.24, 2.45) is 5.10 Å². The molecule has 0 heterocycles. The minimum Gasteiger partial charge on any atom is -0.493 e. The lowest BCUT2D eigenvalue weighted by molar-refractivity contribution is -0.118. The summed E-state index contributed by atoms with van der Waals surface area (Å²) in [7, 11) is 1.50. The Labute approximate surface area is 247 Å². The molecule has 0 aliphatic carbocycles. The van der Waals surface area contributed by atoms with Crippen molar-refractivity contribution < 1.29 is 23.8 Å². The van der Waals surface area contributed by atoms with E-state index in [4.69, 9.17) is 37.4 Å². The van der Waals surface area contributed by atoms with Crippen LogP contribution in [0.25, 0.3) is 0 Å². The second-order valence-corrected chi connectivity index (χ2v) is 9.67. The van der Waals surface area contributed by atoms with E-state index in [1.54, 1.807) is 36.4 Å². The Morgan fingerprint density at radius 2 is 1.63 bits per heavy atom. The summed E-state index contributed by atoms with van der Waals surface area (Å²) in [5.41, 5.74) is 5.99. The van der Waals surface area contributed by atoms with Gasteiger partial charge in [0.2, 0.25) is 0 Å². The number of ether oxygens (including phenoxy) is 3. The van der Waals surface area contributed by atoms with Crippen LogP contribution in [0.5, 0.6) is 17.2 Å². The van der Waals surface area contributed by atoms with Crippen molar-refractivity contribution in [3.05, 3.63) is 117 Å². The number of methoxy groups -OCH3 is 1. The molecule has 10 heteroatoms. The van der Waals surface area contributed by atoms with Gasteiger partial charge in [0.1, 0.15) is 6.61 Å². The largest absolute Gasteiger partial charge is 0.493 e. The summed E-state index contributed by atoms with van der Waals surface area (Å²) in [6.45, 7) is 2.01. The average Bonchev–Trinajstić information content (AvgIpc) is 2.96.